The summed E-state index contributed by atoms with van der Waals surface area (Å²) >= 11 is 0. The molecule has 2 N–H and O–H groups in total. The van der Waals surface area contributed by atoms with E-state index in [1.54, 1.807) is 40.4 Å². The van der Waals surface area contributed by atoms with E-state index in [4.69, 9.17) is 15.6 Å². The van der Waals surface area contributed by atoms with Crippen molar-refractivity contribution in [2.24, 2.45) is 5.41 Å². The summed E-state index contributed by atoms with van der Waals surface area (Å²) in [6.07, 6.45) is -0.646. The average Bonchev–Trinajstić information content (AvgIpc) is 3.51. The van der Waals surface area contributed by atoms with E-state index >= 15 is 0 Å². The van der Waals surface area contributed by atoms with Crippen molar-refractivity contribution in [3.05, 3.63) is 52.3 Å². The van der Waals surface area contributed by atoms with Gasteiger partial charge in [0.15, 0.2) is 0 Å². The second kappa shape index (κ2) is 9.82. The summed E-state index contributed by atoms with van der Waals surface area (Å²) in [6.45, 7) is 10.3. The van der Waals surface area contributed by atoms with E-state index in [1.807, 2.05) is 20.8 Å². The molecular weight excluding hydrogens is 535 g/mol. The highest BCUT2D eigenvalue weighted by molar-refractivity contribution is 5.74. The van der Waals surface area contributed by atoms with Crippen LogP contribution in [0.4, 0.5) is 23.8 Å². The Balaban J connectivity index is 1.34. The molecule has 0 atom stereocenters. The van der Waals surface area contributed by atoms with Crippen molar-refractivity contribution in [2.45, 2.75) is 78.2 Å². The molecular formula is C29H34F3N7O2. The third-order valence-electron chi connectivity index (χ3n) is 7.84. The maximum absolute atomic E-state index is 13.3. The predicted molar refractivity (Wildman–Crippen MR) is 146 cm³/mol. The number of nitriles is 1. The largest absolute Gasteiger partial charge is 0.444 e. The average molecular weight is 570 g/mol. The minimum absolute atomic E-state index is 0.0159. The van der Waals surface area contributed by atoms with E-state index in [2.05, 4.69) is 11.2 Å². The molecule has 12 heteroatoms. The van der Waals surface area contributed by atoms with Crippen LogP contribution in [0.15, 0.2) is 24.4 Å². The first kappa shape index (κ1) is 28.5. The number of halogens is 3. The van der Waals surface area contributed by atoms with E-state index in [9.17, 15) is 23.2 Å². The maximum atomic E-state index is 13.3. The molecule has 1 aliphatic heterocycles. The monoisotopic (exact) mass is 569 g/mol. The Morgan fingerprint density at radius 3 is 2.54 bits per heavy atom. The summed E-state index contributed by atoms with van der Waals surface area (Å²) in [4.78, 5) is 14.3. The van der Waals surface area contributed by atoms with Crippen molar-refractivity contribution in [2.75, 3.05) is 18.8 Å². The van der Waals surface area contributed by atoms with E-state index in [0.717, 1.165) is 31.4 Å². The fraction of sp³-hybridized carbons (Fsp3) is 0.517. The zero-order valence-corrected chi connectivity index (χ0v) is 23.8. The Morgan fingerprint density at radius 1 is 1.20 bits per heavy atom. The zero-order chi connectivity index (χ0) is 29.9. The molecule has 218 valence electrons. The maximum Gasteiger partial charge on any atom is 0.416 e. The van der Waals surface area contributed by atoms with Gasteiger partial charge in [0.25, 0.3) is 0 Å². The summed E-state index contributed by atoms with van der Waals surface area (Å²) in [5.41, 5.74) is 7.92. The molecule has 3 aromatic rings. The number of benzene rings is 1. The summed E-state index contributed by atoms with van der Waals surface area (Å²) in [7, 11) is 0. The molecule has 2 fully saturated rings. The second-order valence-electron chi connectivity index (χ2n) is 12.4. The molecule has 5 rings (SSSR count). The number of likely N-dealkylation sites (tertiary alicyclic amines) is 1. The molecule has 1 aliphatic carbocycles. The SMILES string of the molecule is Cc1cc(Cn2cc(-c3nn([C@H]4C[C@@]5(CCN(C(=O)OC(C)(C)C)C5)C4)c(N)c3C#N)c(C)n2)cc(C(F)(F)F)c1. The third kappa shape index (κ3) is 5.62. The molecule has 1 spiro atoms. The van der Waals surface area contributed by atoms with Crippen LogP contribution in [-0.2, 0) is 17.5 Å². The van der Waals surface area contributed by atoms with Crippen molar-refractivity contribution in [3.8, 4) is 17.3 Å². The number of nitrogens with two attached hydrogens (primary N) is 1. The summed E-state index contributed by atoms with van der Waals surface area (Å²) in [5.74, 6) is 0.269. The number of carbonyl (C=O) groups excluding carboxylic acids is 1. The van der Waals surface area contributed by atoms with Crippen LogP contribution < -0.4 is 5.73 Å². The van der Waals surface area contributed by atoms with Gasteiger partial charge in [0, 0.05) is 24.8 Å². The first-order valence-corrected chi connectivity index (χ1v) is 13.6. The van der Waals surface area contributed by atoms with E-state index in [1.165, 1.54) is 0 Å². The van der Waals surface area contributed by atoms with Gasteiger partial charge in [-0.15, -0.1) is 0 Å². The number of ether oxygens (including phenoxy) is 1. The number of alkyl halides is 3. The summed E-state index contributed by atoms with van der Waals surface area (Å²) in [5, 5.41) is 19.2. The van der Waals surface area contributed by atoms with Crippen LogP contribution in [0, 0.1) is 30.6 Å². The summed E-state index contributed by atoms with van der Waals surface area (Å²) in [6, 6.07) is 6.08. The molecule has 0 radical (unpaired) electrons. The van der Waals surface area contributed by atoms with Gasteiger partial charge in [-0.25, -0.2) is 9.48 Å². The number of carbonyl (C=O) groups is 1. The second-order valence-corrected chi connectivity index (χ2v) is 12.4. The van der Waals surface area contributed by atoms with Gasteiger partial charge < -0.3 is 15.4 Å². The van der Waals surface area contributed by atoms with Crippen molar-refractivity contribution < 1.29 is 22.7 Å². The Morgan fingerprint density at radius 2 is 1.90 bits per heavy atom. The molecule has 3 heterocycles. The van der Waals surface area contributed by atoms with Crippen LogP contribution in [0.25, 0.3) is 11.3 Å². The Kier molecular flexibility index (Phi) is 6.83. The zero-order valence-electron chi connectivity index (χ0n) is 23.8. The lowest BCUT2D eigenvalue weighted by Crippen LogP contribution is -2.43. The van der Waals surface area contributed by atoms with Gasteiger partial charge in [-0.3, -0.25) is 4.68 Å². The van der Waals surface area contributed by atoms with Gasteiger partial charge in [-0.1, -0.05) is 11.6 Å². The molecule has 41 heavy (non-hydrogen) atoms. The van der Waals surface area contributed by atoms with Gasteiger partial charge in [0.05, 0.1) is 23.8 Å². The van der Waals surface area contributed by atoms with E-state index < -0.39 is 17.3 Å². The fourth-order valence-electron chi connectivity index (χ4n) is 6.02. The first-order valence-electron chi connectivity index (χ1n) is 13.6. The van der Waals surface area contributed by atoms with Crippen LogP contribution in [-0.4, -0.2) is 49.2 Å². The normalized spacial score (nSPS) is 20.8. The standard InChI is InChI=1S/C29H34F3N7O2/c1-17-8-19(10-20(9-17)29(30,31)32)14-38-15-23(18(2)35-38)24-22(13-33)25(34)39(36-24)21-11-28(12-21)6-7-37(16-28)26(40)41-27(3,4)5/h8-10,15,21H,6-7,11-12,14,16,34H2,1-5H3/t21-,28-. The van der Waals surface area contributed by atoms with Crippen LogP contribution in [0.5, 0.6) is 0 Å². The minimum Gasteiger partial charge on any atom is -0.444 e. The van der Waals surface area contributed by atoms with Crippen LogP contribution in [0.2, 0.25) is 0 Å². The smallest absolute Gasteiger partial charge is 0.416 e. The number of anilines is 1. The minimum atomic E-state index is -4.44. The van der Waals surface area contributed by atoms with Crippen LogP contribution in [0.3, 0.4) is 0 Å². The van der Waals surface area contributed by atoms with Gasteiger partial charge in [0.1, 0.15) is 28.7 Å². The van der Waals surface area contributed by atoms with E-state index in [0.29, 0.717) is 41.2 Å². The number of aromatic nitrogens is 4. The summed E-state index contributed by atoms with van der Waals surface area (Å²) < 4.78 is 48.7. The van der Waals surface area contributed by atoms with Crippen molar-refractivity contribution >= 4 is 11.9 Å². The highest BCUT2D eigenvalue weighted by Gasteiger charge is 2.51. The molecule has 1 aromatic carbocycles. The molecule has 1 amide bonds. The molecule has 0 unspecified atom stereocenters. The topological polar surface area (TPSA) is 115 Å². The third-order valence-corrected chi connectivity index (χ3v) is 7.84. The lowest BCUT2D eigenvalue weighted by Gasteiger charge is -2.45. The number of aryl methyl sites for hydroxylation is 2. The van der Waals surface area contributed by atoms with Gasteiger partial charge >= 0.3 is 12.3 Å². The number of nitrogen functional groups attached to an aromatic ring is 1. The van der Waals surface area contributed by atoms with Crippen molar-refractivity contribution in [1.82, 2.24) is 24.5 Å². The predicted octanol–water partition coefficient (Wildman–Crippen LogP) is 5.85. The highest BCUT2D eigenvalue weighted by Crippen LogP contribution is 2.55. The number of nitrogens with zero attached hydrogens (tertiary/aromatic N) is 6. The first-order chi connectivity index (χ1) is 19.1. The van der Waals surface area contributed by atoms with Crippen molar-refractivity contribution in [3.63, 3.8) is 0 Å². The Bertz CT molecular complexity index is 1540. The molecule has 1 saturated carbocycles. The molecule has 0 bridgehead atoms. The number of amides is 1. The van der Waals surface area contributed by atoms with Crippen molar-refractivity contribution in [1.29, 1.82) is 5.26 Å². The van der Waals surface area contributed by atoms with Gasteiger partial charge in [0.2, 0.25) is 0 Å². The number of hydrogen-bond acceptors (Lipinski definition) is 6. The quantitative estimate of drug-likeness (QED) is 0.422. The molecule has 1 saturated heterocycles. The number of rotatable bonds is 4. The fourth-order valence-corrected chi connectivity index (χ4v) is 6.02. The Labute approximate surface area is 236 Å². The molecule has 2 aliphatic rings. The van der Waals surface area contributed by atoms with Crippen LogP contribution >= 0.6 is 0 Å². The molecule has 2 aromatic heterocycles. The van der Waals surface area contributed by atoms with Crippen LogP contribution in [0.1, 0.15) is 74.0 Å². The van der Waals surface area contributed by atoms with Gasteiger partial charge in [-0.2, -0.15) is 28.6 Å². The molecule has 9 nitrogen and oxygen atoms in total. The lowest BCUT2D eigenvalue weighted by atomic mass is 9.65. The highest BCUT2D eigenvalue weighted by atomic mass is 19.4. The van der Waals surface area contributed by atoms with E-state index in [-0.39, 0.29) is 35.5 Å². The number of hydrogen-bond donors (Lipinski definition) is 1. The van der Waals surface area contributed by atoms with Gasteiger partial charge in [-0.05, 0) is 77.0 Å². The lowest BCUT2D eigenvalue weighted by molar-refractivity contribution is -0.137. The Hall–Kier alpha value is -4.01.